The quantitative estimate of drug-likeness (QED) is 0.771. The van der Waals surface area contributed by atoms with E-state index in [2.05, 4.69) is 0 Å². The van der Waals surface area contributed by atoms with Gasteiger partial charge in [0.15, 0.2) is 0 Å². The van der Waals surface area contributed by atoms with Crippen LogP contribution < -0.4 is 4.74 Å². The molecule has 0 unspecified atom stereocenters. The molecule has 1 rings (SSSR count). The molecule has 0 heterocycles. The molecule has 0 bridgehead atoms. The van der Waals surface area contributed by atoms with Gasteiger partial charge in [-0.1, -0.05) is 23.2 Å². The highest BCUT2D eigenvalue weighted by Crippen LogP contribution is 2.32. The molecule has 0 saturated heterocycles. The Balaban J connectivity index is 2.99. The van der Waals surface area contributed by atoms with E-state index in [4.69, 9.17) is 27.9 Å². The van der Waals surface area contributed by atoms with Crippen molar-refractivity contribution < 1.29 is 9.13 Å². The van der Waals surface area contributed by atoms with Gasteiger partial charge in [0.05, 0.1) is 18.8 Å². The molecule has 0 aliphatic carbocycles. The largest absolute Gasteiger partial charge is 0.495 e. The predicted molar refractivity (Wildman–Crippen MR) is 57.3 cm³/mol. The van der Waals surface area contributed by atoms with E-state index in [1.165, 1.54) is 7.11 Å². The van der Waals surface area contributed by atoms with Crippen molar-refractivity contribution >= 4 is 23.2 Å². The fraction of sp³-hybridized carbons (Fsp3) is 0.400. The van der Waals surface area contributed by atoms with Gasteiger partial charge in [0, 0.05) is 5.02 Å². The van der Waals surface area contributed by atoms with Crippen molar-refractivity contribution in [2.24, 2.45) is 0 Å². The number of methoxy groups -OCH3 is 1. The summed E-state index contributed by atoms with van der Waals surface area (Å²) in [6.07, 6.45) is 1.03. The van der Waals surface area contributed by atoms with E-state index < -0.39 is 0 Å². The second-order valence-electron chi connectivity index (χ2n) is 2.87. The molecule has 0 amide bonds. The van der Waals surface area contributed by atoms with E-state index >= 15 is 0 Å². The Bertz CT molecular complexity index is 315. The maximum atomic E-state index is 12.0. The minimum Gasteiger partial charge on any atom is -0.495 e. The zero-order valence-corrected chi connectivity index (χ0v) is 9.33. The van der Waals surface area contributed by atoms with Crippen LogP contribution in [0, 0.1) is 0 Å². The van der Waals surface area contributed by atoms with Crippen LogP contribution in [0.1, 0.15) is 12.0 Å². The molecule has 1 nitrogen and oxygen atoms in total. The van der Waals surface area contributed by atoms with E-state index in [0.29, 0.717) is 28.6 Å². The molecule has 0 aliphatic heterocycles. The first-order valence-corrected chi connectivity index (χ1v) is 5.02. The van der Waals surface area contributed by atoms with E-state index in [1.54, 1.807) is 12.1 Å². The molecule has 0 fully saturated rings. The normalized spacial score (nSPS) is 10.3. The molecule has 1 aromatic rings. The Hall–Kier alpha value is -0.470. The van der Waals surface area contributed by atoms with Gasteiger partial charge in [-0.3, -0.25) is 4.39 Å². The van der Waals surface area contributed by atoms with Gasteiger partial charge < -0.3 is 4.74 Å². The summed E-state index contributed by atoms with van der Waals surface area (Å²) in [7, 11) is 1.54. The number of alkyl halides is 1. The fourth-order valence-electron chi connectivity index (χ4n) is 1.29. The minimum atomic E-state index is -0.354. The van der Waals surface area contributed by atoms with Gasteiger partial charge in [0.25, 0.3) is 0 Å². The molecule has 0 aromatic heterocycles. The van der Waals surface area contributed by atoms with Crippen LogP contribution in [0.2, 0.25) is 10.0 Å². The smallest absolute Gasteiger partial charge is 0.140 e. The topological polar surface area (TPSA) is 9.23 Å². The summed E-state index contributed by atoms with van der Waals surface area (Å²) in [5.74, 6) is 0.588. The van der Waals surface area contributed by atoms with Crippen molar-refractivity contribution in [3.8, 4) is 5.75 Å². The van der Waals surface area contributed by atoms with Crippen LogP contribution in [-0.4, -0.2) is 13.8 Å². The third-order valence-electron chi connectivity index (χ3n) is 1.87. The lowest BCUT2D eigenvalue weighted by Crippen LogP contribution is -1.94. The van der Waals surface area contributed by atoms with Crippen LogP contribution in [-0.2, 0) is 6.42 Å². The first kappa shape index (κ1) is 11.6. The second kappa shape index (κ2) is 5.42. The van der Waals surface area contributed by atoms with Crippen LogP contribution in [0.3, 0.4) is 0 Å². The number of rotatable bonds is 4. The zero-order chi connectivity index (χ0) is 10.6. The van der Waals surface area contributed by atoms with E-state index in [1.807, 2.05) is 0 Å². The number of benzene rings is 1. The monoisotopic (exact) mass is 236 g/mol. The first-order chi connectivity index (χ1) is 6.69. The van der Waals surface area contributed by atoms with Gasteiger partial charge in [0.2, 0.25) is 0 Å². The number of halogens is 3. The molecule has 0 spiro atoms. The highest BCUT2D eigenvalue weighted by atomic mass is 35.5. The Kier molecular flexibility index (Phi) is 4.49. The molecule has 0 radical (unpaired) electrons. The molecular formula is C10H11Cl2FO. The van der Waals surface area contributed by atoms with Crippen LogP contribution >= 0.6 is 23.2 Å². The van der Waals surface area contributed by atoms with Gasteiger partial charge in [0.1, 0.15) is 5.75 Å². The van der Waals surface area contributed by atoms with Gasteiger partial charge in [-0.2, -0.15) is 0 Å². The summed E-state index contributed by atoms with van der Waals surface area (Å²) in [4.78, 5) is 0. The first-order valence-electron chi connectivity index (χ1n) is 4.27. The standard InChI is InChI=1S/C10H11Cl2FO/c1-14-10-7(3-2-4-13)5-8(11)6-9(10)12/h5-6H,2-4H2,1H3. The lowest BCUT2D eigenvalue weighted by atomic mass is 10.1. The van der Waals surface area contributed by atoms with Gasteiger partial charge in [-0.25, -0.2) is 0 Å². The Morgan fingerprint density at radius 2 is 2.07 bits per heavy atom. The van der Waals surface area contributed by atoms with Crippen molar-refractivity contribution in [3.05, 3.63) is 27.7 Å². The Morgan fingerprint density at radius 3 is 2.64 bits per heavy atom. The molecule has 78 valence electrons. The van der Waals surface area contributed by atoms with Crippen molar-refractivity contribution in [1.29, 1.82) is 0 Å². The highest BCUT2D eigenvalue weighted by molar-refractivity contribution is 6.35. The van der Waals surface area contributed by atoms with Crippen molar-refractivity contribution in [2.75, 3.05) is 13.8 Å². The molecule has 14 heavy (non-hydrogen) atoms. The number of hydrogen-bond acceptors (Lipinski definition) is 1. The lowest BCUT2D eigenvalue weighted by molar-refractivity contribution is 0.406. The van der Waals surface area contributed by atoms with Gasteiger partial charge in [-0.15, -0.1) is 0 Å². The maximum absolute atomic E-state index is 12.0. The lowest BCUT2D eigenvalue weighted by Gasteiger charge is -2.10. The average molecular weight is 237 g/mol. The third-order valence-corrected chi connectivity index (χ3v) is 2.37. The van der Waals surface area contributed by atoms with E-state index in [-0.39, 0.29) is 6.67 Å². The summed E-state index contributed by atoms with van der Waals surface area (Å²) >= 11 is 11.7. The van der Waals surface area contributed by atoms with Crippen molar-refractivity contribution in [2.45, 2.75) is 12.8 Å². The fourth-order valence-corrected chi connectivity index (χ4v) is 1.90. The summed E-state index contributed by atoms with van der Waals surface area (Å²) in [5, 5.41) is 1.01. The summed E-state index contributed by atoms with van der Waals surface area (Å²) < 4.78 is 17.1. The van der Waals surface area contributed by atoms with Crippen LogP contribution in [0.15, 0.2) is 12.1 Å². The number of ether oxygens (including phenoxy) is 1. The average Bonchev–Trinajstić information content (AvgIpc) is 2.14. The zero-order valence-electron chi connectivity index (χ0n) is 7.82. The van der Waals surface area contributed by atoms with Crippen LogP contribution in [0.4, 0.5) is 4.39 Å². The summed E-state index contributed by atoms with van der Waals surface area (Å²) in [6, 6.07) is 3.36. The predicted octanol–water partition coefficient (Wildman–Crippen LogP) is 3.90. The molecule has 0 atom stereocenters. The van der Waals surface area contributed by atoms with Crippen LogP contribution in [0.25, 0.3) is 0 Å². The third kappa shape index (κ3) is 2.76. The minimum absolute atomic E-state index is 0.354. The summed E-state index contributed by atoms with van der Waals surface area (Å²) in [6.45, 7) is -0.354. The highest BCUT2D eigenvalue weighted by Gasteiger charge is 2.09. The molecule has 4 heteroatoms. The number of hydrogen-bond donors (Lipinski definition) is 0. The maximum Gasteiger partial charge on any atom is 0.140 e. The Labute approximate surface area is 92.8 Å². The summed E-state index contributed by atoms with van der Waals surface area (Å²) in [5.41, 5.74) is 0.850. The van der Waals surface area contributed by atoms with Gasteiger partial charge in [-0.05, 0) is 30.5 Å². The number of aryl methyl sites for hydroxylation is 1. The van der Waals surface area contributed by atoms with Crippen LogP contribution in [0.5, 0.6) is 5.75 Å². The SMILES string of the molecule is COc1c(Cl)cc(Cl)cc1CCCF. The molecule has 0 aliphatic rings. The van der Waals surface area contributed by atoms with Crippen molar-refractivity contribution in [3.63, 3.8) is 0 Å². The molecular weight excluding hydrogens is 226 g/mol. The second-order valence-corrected chi connectivity index (χ2v) is 3.72. The van der Waals surface area contributed by atoms with E-state index in [0.717, 1.165) is 5.56 Å². The van der Waals surface area contributed by atoms with E-state index in [9.17, 15) is 4.39 Å². The van der Waals surface area contributed by atoms with Crippen molar-refractivity contribution in [1.82, 2.24) is 0 Å². The molecule has 0 N–H and O–H groups in total. The van der Waals surface area contributed by atoms with Gasteiger partial charge >= 0.3 is 0 Å². The Morgan fingerprint density at radius 1 is 1.36 bits per heavy atom. The molecule has 0 saturated carbocycles. The molecule has 1 aromatic carbocycles.